The van der Waals surface area contributed by atoms with Gasteiger partial charge in [-0.05, 0) is 38.0 Å². The second-order valence-electron chi connectivity index (χ2n) is 5.20. The fourth-order valence-corrected chi connectivity index (χ4v) is 4.22. The zero-order valence-corrected chi connectivity index (χ0v) is 12.2. The Hall–Kier alpha value is -1.41. The van der Waals surface area contributed by atoms with Crippen molar-refractivity contribution in [1.82, 2.24) is 0 Å². The lowest BCUT2D eigenvalue weighted by molar-refractivity contribution is 0.462. The van der Waals surface area contributed by atoms with Crippen molar-refractivity contribution in [2.75, 3.05) is 5.75 Å². The van der Waals surface area contributed by atoms with Gasteiger partial charge in [0.25, 0.3) is 0 Å². The van der Waals surface area contributed by atoms with Gasteiger partial charge >= 0.3 is 0 Å². The summed E-state index contributed by atoms with van der Waals surface area (Å²) in [5.41, 5.74) is 4.32. The first kappa shape index (κ1) is 12.6. The predicted molar refractivity (Wildman–Crippen MR) is 81.4 cm³/mol. The summed E-state index contributed by atoms with van der Waals surface area (Å²) in [5, 5.41) is 0. The van der Waals surface area contributed by atoms with Crippen LogP contribution in [-0.2, 0) is 4.75 Å². The smallest absolute Gasteiger partial charge is 0.124 e. The summed E-state index contributed by atoms with van der Waals surface area (Å²) < 4.78 is 5.71. The lowest BCUT2D eigenvalue weighted by Crippen LogP contribution is -2.27. The first-order valence-corrected chi connectivity index (χ1v) is 7.59. The van der Waals surface area contributed by atoms with E-state index in [-0.39, 0.29) is 4.75 Å². The fourth-order valence-electron chi connectivity index (χ4n) is 2.63. The Labute approximate surface area is 118 Å². The van der Waals surface area contributed by atoms with E-state index in [1.807, 2.05) is 17.8 Å². The molecule has 1 unspecified atom stereocenters. The Kier molecular flexibility index (Phi) is 3.28. The van der Waals surface area contributed by atoms with Gasteiger partial charge in [-0.3, -0.25) is 0 Å². The molecule has 1 aromatic carbocycles. The maximum atomic E-state index is 5.77. The highest BCUT2D eigenvalue weighted by molar-refractivity contribution is 8.00. The number of hydrogen-bond acceptors (Lipinski definition) is 2. The number of allylic oxidation sites excluding steroid dienone is 1. The molecule has 3 rings (SSSR count). The summed E-state index contributed by atoms with van der Waals surface area (Å²) in [6, 6.07) is 14.8. The van der Waals surface area contributed by atoms with Gasteiger partial charge in [-0.2, -0.15) is 0 Å². The van der Waals surface area contributed by atoms with E-state index in [9.17, 15) is 0 Å². The van der Waals surface area contributed by atoms with Crippen LogP contribution in [0.5, 0.6) is 0 Å². The molecule has 19 heavy (non-hydrogen) atoms. The third-order valence-electron chi connectivity index (χ3n) is 3.94. The predicted octanol–water partition coefficient (Wildman–Crippen LogP) is 5.00. The van der Waals surface area contributed by atoms with Gasteiger partial charge in [0.1, 0.15) is 10.5 Å². The van der Waals surface area contributed by atoms with Crippen LogP contribution < -0.4 is 0 Å². The third-order valence-corrected chi connectivity index (χ3v) is 5.59. The summed E-state index contributed by atoms with van der Waals surface area (Å²) in [6.45, 7) is 4.48. The van der Waals surface area contributed by atoms with Crippen LogP contribution in [0.3, 0.4) is 0 Å². The second kappa shape index (κ2) is 4.93. The van der Waals surface area contributed by atoms with Crippen molar-refractivity contribution < 1.29 is 4.42 Å². The number of benzene rings is 1. The Bertz CT molecular complexity index is 583. The second-order valence-corrected chi connectivity index (χ2v) is 6.47. The maximum absolute atomic E-state index is 5.77. The van der Waals surface area contributed by atoms with Crippen molar-refractivity contribution in [2.24, 2.45) is 0 Å². The minimum Gasteiger partial charge on any atom is -0.467 e. The topological polar surface area (TPSA) is 13.1 Å². The molecule has 1 atom stereocenters. The van der Waals surface area contributed by atoms with E-state index in [0.717, 1.165) is 17.9 Å². The molecule has 1 nitrogen and oxygen atoms in total. The summed E-state index contributed by atoms with van der Waals surface area (Å²) in [7, 11) is 0. The fraction of sp³-hybridized carbons (Fsp3) is 0.294. The summed E-state index contributed by atoms with van der Waals surface area (Å²) in [6.07, 6.45) is 2.81. The molecule has 0 spiro atoms. The average molecular weight is 270 g/mol. The maximum Gasteiger partial charge on any atom is 0.124 e. The summed E-state index contributed by atoms with van der Waals surface area (Å²) in [5.74, 6) is 2.14. The summed E-state index contributed by atoms with van der Waals surface area (Å²) >= 11 is 1.98. The first-order chi connectivity index (χ1) is 9.22. The molecule has 2 heteroatoms. The standard InChI is InChI=1S/C17H18OS/c1-13-11-17(19-12-14(13)2,16-9-6-10-18-16)15-7-4-3-5-8-15/h3-10H,11-12H2,1-2H3. The van der Waals surface area contributed by atoms with Gasteiger partial charge in [0, 0.05) is 5.75 Å². The summed E-state index contributed by atoms with van der Waals surface area (Å²) in [4.78, 5) is 0. The molecule has 0 saturated carbocycles. The van der Waals surface area contributed by atoms with Crippen molar-refractivity contribution in [3.05, 3.63) is 71.2 Å². The van der Waals surface area contributed by atoms with Crippen molar-refractivity contribution in [2.45, 2.75) is 25.0 Å². The molecule has 1 aliphatic rings. The Morgan fingerprint density at radius 1 is 1.00 bits per heavy atom. The van der Waals surface area contributed by atoms with Crippen LogP contribution in [0.1, 0.15) is 31.6 Å². The van der Waals surface area contributed by atoms with Gasteiger partial charge in [0.05, 0.1) is 6.26 Å². The van der Waals surface area contributed by atoms with Crippen LogP contribution in [0.15, 0.2) is 64.3 Å². The minimum absolute atomic E-state index is 0.0612. The van der Waals surface area contributed by atoms with Crippen LogP contribution in [0.2, 0.25) is 0 Å². The van der Waals surface area contributed by atoms with Crippen LogP contribution in [0.25, 0.3) is 0 Å². The van der Waals surface area contributed by atoms with Gasteiger partial charge in [0.2, 0.25) is 0 Å². The molecule has 98 valence electrons. The van der Waals surface area contributed by atoms with E-state index in [4.69, 9.17) is 4.42 Å². The van der Waals surface area contributed by atoms with Gasteiger partial charge in [-0.15, -0.1) is 11.8 Å². The zero-order chi connectivity index (χ0) is 13.3. The highest BCUT2D eigenvalue weighted by atomic mass is 32.2. The number of hydrogen-bond donors (Lipinski definition) is 0. The minimum atomic E-state index is -0.0612. The highest BCUT2D eigenvalue weighted by Gasteiger charge is 2.40. The Morgan fingerprint density at radius 3 is 2.42 bits per heavy atom. The molecule has 0 bridgehead atoms. The zero-order valence-electron chi connectivity index (χ0n) is 11.3. The molecule has 1 aliphatic heterocycles. The van der Waals surface area contributed by atoms with E-state index in [0.29, 0.717) is 0 Å². The molecule has 0 saturated heterocycles. The quantitative estimate of drug-likeness (QED) is 0.713. The molecule has 0 amide bonds. The van der Waals surface area contributed by atoms with Gasteiger partial charge < -0.3 is 4.42 Å². The molecule has 1 aromatic heterocycles. The largest absolute Gasteiger partial charge is 0.467 e. The van der Waals surface area contributed by atoms with Gasteiger partial charge in [-0.1, -0.05) is 41.5 Å². The van der Waals surface area contributed by atoms with Gasteiger partial charge in [-0.25, -0.2) is 0 Å². The molecule has 0 aliphatic carbocycles. The van der Waals surface area contributed by atoms with Gasteiger partial charge in [0.15, 0.2) is 0 Å². The Balaban J connectivity index is 2.13. The van der Waals surface area contributed by atoms with E-state index in [1.54, 1.807) is 6.26 Å². The van der Waals surface area contributed by atoms with E-state index in [1.165, 1.54) is 16.7 Å². The normalized spacial score (nSPS) is 23.7. The van der Waals surface area contributed by atoms with Crippen LogP contribution in [0, 0.1) is 0 Å². The Morgan fingerprint density at radius 2 is 1.79 bits per heavy atom. The number of thioether (sulfide) groups is 1. The lowest BCUT2D eigenvalue weighted by Gasteiger charge is -2.36. The number of furan rings is 1. The van der Waals surface area contributed by atoms with Crippen LogP contribution in [-0.4, -0.2) is 5.75 Å². The van der Waals surface area contributed by atoms with Crippen molar-refractivity contribution in [1.29, 1.82) is 0 Å². The highest BCUT2D eigenvalue weighted by Crippen LogP contribution is 2.51. The van der Waals surface area contributed by atoms with Crippen molar-refractivity contribution in [3.8, 4) is 0 Å². The molecule has 2 aromatic rings. The first-order valence-electron chi connectivity index (χ1n) is 6.61. The van der Waals surface area contributed by atoms with E-state index < -0.39 is 0 Å². The molecule has 0 radical (unpaired) electrons. The van der Waals surface area contributed by atoms with Crippen LogP contribution in [0.4, 0.5) is 0 Å². The molecule has 0 N–H and O–H groups in total. The molecule has 0 fully saturated rings. The van der Waals surface area contributed by atoms with E-state index >= 15 is 0 Å². The van der Waals surface area contributed by atoms with Crippen LogP contribution >= 0.6 is 11.8 Å². The van der Waals surface area contributed by atoms with Crippen molar-refractivity contribution >= 4 is 11.8 Å². The third kappa shape index (κ3) is 2.14. The SMILES string of the molecule is CC1=C(C)CC(c2ccccc2)(c2ccco2)SC1. The molecule has 2 heterocycles. The molecular formula is C17H18OS. The average Bonchev–Trinajstić information content (AvgIpc) is 2.98. The van der Waals surface area contributed by atoms with Crippen molar-refractivity contribution in [3.63, 3.8) is 0 Å². The molecular weight excluding hydrogens is 252 g/mol. The number of rotatable bonds is 2. The monoisotopic (exact) mass is 270 g/mol. The van der Waals surface area contributed by atoms with E-state index in [2.05, 4.69) is 50.2 Å². The lowest BCUT2D eigenvalue weighted by atomic mass is 9.87.